The first kappa shape index (κ1) is 18.7. The maximum absolute atomic E-state index is 6.57. The third kappa shape index (κ3) is 2.43. The molecule has 1 aromatic heterocycles. The zero-order valence-corrected chi connectivity index (χ0v) is 18.5. The van der Waals surface area contributed by atoms with Crippen LogP contribution in [-0.2, 0) is 5.41 Å². The zero-order valence-electron chi connectivity index (χ0n) is 17.8. The molecule has 0 amide bonds. The van der Waals surface area contributed by atoms with Crippen LogP contribution in [0, 0.1) is 0 Å². The lowest BCUT2D eigenvalue weighted by molar-refractivity contribution is 0.669. The maximum atomic E-state index is 6.57. The molecule has 0 spiro atoms. The van der Waals surface area contributed by atoms with E-state index in [-0.39, 0.29) is 0 Å². The van der Waals surface area contributed by atoms with Crippen LogP contribution in [0.1, 0.15) is 22.3 Å². The molecule has 0 atom stereocenters. The van der Waals surface area contributed by atoms with Crippen molar-refractivity contribution >= 4 is 33.5 Å². The number of hydrogen-bond donors (Lipinski definition) is 0. The van der Waals surface area contributed by atoms with Crippen LogP contribution in [0.15, 0.2) is 120 Å². The van der Waals surface area contributed by atoms with Crippen molar-refractivity contribution in [2.45, 2.75) is 5.41 Å². The molecule has 0 unspecified atom stereocenters. The molecule has 33 heavy (non-hydrogen) atoms. The predicted octanol–water partition coefficient (Wildman–Crippen LogP) is 8.60. The first-order chi connectivity index (χ1) is 16.3. The molecule has 2 heteroatoms. The second-order valence-electron chi connectivity index (χ2n) is 8.63. The van der Waals surface area contributed by atoms with Crippen LogP contribution in [0.3, 0.4) is 0 Å². The highest BCUT2D eigenvalue weighted by molar-refractivity contribution is 6.31. The SMILES string of the molecule is Clc1ccc2c(c1)-c1c(ccc3c1oc1ccccc13)C2(c1ccccc1)c1ccccc1. The van der Waals surface area contributed by atoms with E-state index >= 15 is 0 Å². The molecule has 0 fully saturated rings. The molecule has 156 valence electrons. The molecular formula is C31H19ClO. The van der Waals surface area contributed by atoms with Crippen LogP contribution in [0.4, 0.5) is 0 Å². The van der Waals surface area contributed by atoms with Crippen LogP contribution in [0.2, 0.25) is 5.02 Å². The Morgan fingerprint density at radius 3 is 1.94 bits per heavy atom. The first-order valence-corrected chi connectivity index (χ1v) is 11.5. The van der Waals surface area contributed by atoms with Gasteiger partial charge in [0.2, 0.25) is 0 Å². The summed E-state index contributed by atoms with van der Waals surface area (Å²) in [6.45, 7) is 0. The summed E-state index contributed by atoms with van der Waals surface area (Å²) in [7, 11) is 0. The summed E-state index contributed by atoms with van der Waals surface area (Å²) in [5.41, 5.74) is 8.56. The molecule has 0 N–H and O–H groups in total. The Bertz CT molecular complexity index is 1620. The highest BCUT2D eigenvalue weighted by Gasteiger charge is 2.47. The van der Waals surface area contributed by atoms with Crippen molar-refractivity contribution in [2.75, 3.05) is 0 Å². The van der Waals surface area contributed by atoms with E-state index in [9.17, 15) is 0 Å². The van der Waals surface area contributed by atoms with Crippen molar-refractivity contribution in [1.82, 2.24) is 0 Å². The normalized spacial score (nSPS) is 13.8. The largest absolute Gasteiger partial charge is 0.455 e. The van der Waals surface area contributed by atoms with E-state index in [1.165, 1.54) is 22.3 Å². The fourth-order valence-electron chi connectivity index (χ4n) is 5.73. The van der Waals surface area contributed by atoms with Crippen molar-refractivity contribution in [1.29, 1.82) is 0 Å². The predicted molar refractivity (Wildman–Crippen MR) is 136 cm³/mol. The van der Waals surface area contributed by atoms with E-state index in [1.54, 1.807) is 0 Å². The molecule has 1 aliphatic carbocycles. The van der Waals surface area contributed by atoms with Gasteiger partial charge in [0.25, 0.3) is 0 Å². The van der Waals surface area contributed by atoms with Crippen molar-refractivity contribution in [3.05, 3.63) is 143 Å². The van der Waals surface area contributed by atoms with E-state index in [0.29, 0.717) is 0 Å². The summed E-state index contributed by atoms with van der Waals surface area (Å²) in [5.74, 6) is 0. The van der Waals surface area contributed by atoms with Crippen LogP contribution in [0.5, 0.6) is 0 Å². The van der Waals surface area contributed by atoms with Gasteiger partial charge >= 0.3 is 0 Å². The third-order valence-corrected chi connectivity index (χ3v) is 7.25. The Hall–Kier alpha value is -3.81. The second-order valence-corrected chi connectivity index (χ2v) is 9.07. The number of para-hydroxylation sites is 1. The van der Waals surface area contributed by atoms with Gasteiger partial charge in [-0.05, 0) is 46.0 Å². The van der Waals surface area contributed by atoms with E-state index in [2.05, 4.69) is 97.1 Å². The average molecular weight is 443 g/mol. The molecule has 1 nitrogen and oxygen atoms in total. The molecule has 0 saturated heterocycles. The van der Waals surface area contributed by atoms with E-state index < -0.39 is 5.41 Å². The second kappa shape index (κ2) is 6.84. The summed E-state index contributed by atoms with van der Waals surface area (Å²) in [5, 5.41) is 2.99. The smallest absolute Gasteiger partial charge is 0.143 e. The van der Waals surface area contributed by atoms with Gasteiger partial charge in [0.15, 0.2) is 0 Å². The number of benzene rings is 5. The van der Waals surface area contributed by atoms with E-state index in [1.807, 2.05) is 18.2 Å². The summed E-state index contributed by atoms with van der Waals surface area (Å²) < 4.78 is 6.51. The maximum Gasteiger partial charge on any atom is 0.143 e. The van der Waals surface area contributed by atoms with Crippen LogP contribution >= 0.6 is 11.6 Å². The van der Waals surface area contributed by atoms with Gasteiger partial charge < -0.3 is 4.42 Å². The lowest BCUT2D eigenvalue weighted by Gasteiger charge is -2.33. The van der Waals surface area contributed by atoms with Crippen molar-refractivity contribution < 1.29 is 4.42 Å². The standard InChI is InChI=1S/C31H19ClO/c32-22-15-17-26-25(19-22)29-27(18-16-24-23-13-7-8-14-28(23)33-30(24)29)31(26,20-9-3-1-4-10-20)21-11-5-2-6-12-21/h1-19H. The van der Waals surface area contributed by atoms with Gasteiger partial charge in [-0.25, -0.2) is 0 Å². The van der Waals surface area contributed by atoms with Gasteiger partial charge in [0, 0.05) is 21.4 Å². The van der Waals surface area contributed by atoms with Gasteiger partial charge in [-0.15, -0.1) is 0 Å². The number of rotatable bonds is 2. The molecule has 1 heterocycles. The molecule has 6 aromatic rings. The van der Waals surface area contributed by atoms with Crippen LogP contribution < -0.4 is 0 Å². The van der Waals surface area contributed by atoms with E-state index in [4.69, 9.17) is 16.0 Å². The molecule has 0 bridgehead atoms. The third-order valence-electron chi connectivity index (χ3n) is 7.02. The zero-order chi connectivity index (χ0) is 22.0. The lowest BCUT2D eigenvalue weighted by atomic mass is 9.67. The van der Waals surface area contributed by atoms with Gasteiger partial charge in [0.05, 0.1) is 5.41 Å². The average Bonchev–Trinajstić information content (AvgIpc) is 3.38. The van der Waals surface area contributed by atoms with E-state index in [0.717, 1.165) is 38.1 Å². The van der Waals surface area contributed by atoms with Gasteiger partial charge in [-0.1, -0.05) is 109 Å². The first-order valence-electron chi connectivity index (χ1n) is 11.1. The van der Waals surface area contributed by atoms with Crippen LogP contribution in [-0.4, -0.2) is 0 Å². The molecule has 0 radical (unpaired) electrons. The lowest BCUT2D eigenvalue weighted by Crippen LogP contribution is -2.28. The molecule has 5 aromatic carbocycles. The highest BCUT2D eigenvalue weighted by Crippen LogP contribution is 2.58. The number of halogens is 1. The molecule has 0 saturated carbocycles. The Morgan fingerprint density at radius 1 is 0.576 bits per heavy atom. The Morgan fingerprint density at radius 2 is 1.21 bits per heavy atom. The van der Waals surface area contributed by atoms with Crippen molar-refractivity contribution in [3.8, 4) is 11.1 Å². The summed E-state index contributed by atoms with van der Waals surface area (Å²) in [6.07, 6.45) is 0. The fourth-order valence-corrected chi connectivity index (χ4v) is 5.90. The van der Waals surface area contributed by atoms with Crippen LogP contribution in [0.25, 0.3) is 33.1 Å². The molecule has 0 aliphatic heterocycles. The highest BCUT2D eigenvalue weighted by atomic mass is 35.5. The summed E-state index contributed by atoms with van der Waals surface area (Å²) in [6, 6.07) is 40.6. The van der Waals surface area contributed by atoms with Gasteiger partial charge in [-0.2, -0.15) is 0 Å². The fraction of sp³-hybridized carbons (Fsp3) is 0.0323. The topological polar surface area (TPSA) is 13.1 Å². The summed E-state index contributed by atoms with van der Waals surface area (Å²) >= 11 is 6.57. The Balaban J connectivity index is 1.72. The van der Waals surface area contributed by atoms with Crippen molar-refractivity contribution in [2.24, 2.45) is 0 Å². The monoisotopic (exact) mass is 442 g/mol. The quantitative estimate of drug-likeness (QED) is 0.261. The summed E-state index contributed by atoms with van der Waals surface area (Å²) in [4.78, 5) is 0. The number of furan rings is 1. The Labute approximate surface area is 196 Å². The number of hydrogen-bond acceptors (Lipinski definition) is 1. The number of fused-ring (bicyclic) bond motifs is 7. The van der Waals surface area contributed by atoms with Gasteiger partial charge in [0.1, 0.15) is 11.2 Å². The minimum atomic E-state index is -0.453. The molecule has 1 aliphatic rings. The minimum Gasteiger partial charge on any atom is -0.455 e. The molecule has 7 rings (SSSR count). The molecular weight excluding hydrogens is 424 g/mol. The Kier molecular flexibility index (Phi) is 3.88. The van der Waals surface area contributed by atoms with Crippen molar-refractivity contribution in [3.63, 3.8) is 0 Å². The minimum absolute atomic E-state index is 0.453. The van der Waals surface area contributed by atoms with Gasteiger partial charge in [-0.3, -0.25) is 0 Å².